The third kappa shape index (κ3) is 3.85. The van der Waals surface area contributed by atoms with Gasteiger partial charge in [-0.1, -0.05) is 159 Å². The molecule has 0 bridgehead atoms. The summed E-state index contributed by atoms with van der Waals surface area (Å²) in [6, 6.07) is 58.4. The molecule has 0 aromatic heterocycles. The van der Waals surface area contributed by atoms with Gasteiger partial charge in [-0.05, 0) is 100 Å². The van der Waals surface area contributed by atoms with Crippen molar-refractivity contribution in [1.29, 1.82) is 0 Å². The van der Waals surface area contributed by atoms with E-state index in [0.29, 0.717) is 0 Å². The van der Waals surface area contributed by atoms with Gasteiger partial charge in [0.2, 0.25) is 0 Å². The maximum absolute atomic E-state index is 2.37. The first-order chi connectivity index (χ1) is 22.1. The Morgan fingerprint density at radius 3 is 1.62 bits per heavy atom. The zero-order chi connectivity index (χ0) is 30.1. The van der Waals surface area contributed by atoms with Crippen molar-refractivity contribution in [3.05, 3.63) is 169 Å². The largest absolute Gasteiger partial charge is 0.0619 e. The highest BCUT2D eigenvalue weighted by atomic mass is 14.4. The zero-order valence-electron chi connectivity index (χ0n) is 25.5. The first-order valence-electron chi connectivity index (χ1n) is 15.9. The van der Waals surface area contributed by atoms with Gasteiger partial charge in [0.1, 0.15) is 0 Å². The Bertz CT molecular complexity index is 2400. The molecule has 0 atom stereocenters. The van der Waals surface area contributed by atoms with Crippen molar-refractivity contribution < 1.29 is 0 Å². The normalized spacial score (nSPS) is 13.3. The topological polar surface area (TPSA) is 0 Å². The summed E-state index contributed by atoms with van der Waals surface area (Å²) < 4.78 is 0. The van der Waals surface area contributed by atoms with Crippen LogP contribution < -0.4 is 0 Å². The molecule has 0 N–H and O–H groups in total. The molecular weight excluding hydrogens is 540 g/mol. The van der Waals surface area contributed by atoms with Crippen LogP contribution in [0.25, 0.3) is 76.8 Å². The lowest BCUT2D eigenvalue weighted by molar-refractivity contribution is 0.660. The van der Waals surface area contributed by atoms with Crippen LogP contribution in [0.4, 0.5) is 0 Å². The standard InChI is InChI=1S/C45H32/c1-45(2)40-23-10-9-21-38(40)44-39(22-12-24-41(44)45)43-36-19-7-5-17-34(36)42(35-18-6-8-20-37(35)43)33-16-11-15-31(28-33)32-26-25-29-13-3-4-14-30(29)27-32/h3-28H,1-2H3. The van der Waals surface area contributed by atoms with E-state index in [1.54, 1.807) is 0 Å². The van der Waals surface area contributed by atoms with E-state index in [1.807, 2.05) is 0 Å². The van der Waals surface area contributed by atoms with E-state index in [9.17, 15) is 0 Å². The third-order valence-electron chi connectivity index (χ3n) is 10.0. The van der Waals surface area contributed by atoms with Gasteiger partial charge in [-0.2, -0.15) is 0 Å². The molecular formula is C45H32. The highest BCUT2D eigenvalue weighted by molar-refractivity contribution is 6.22. The fourth-order valence-corrected chi connectivity index (χ4v) is 7.92. The molecule has 0 amide bonds. The third-order valence-corrected chi connectivity index (χ3v) is 10.0. The molecule has 8 aromatic carbocycles. The minimum Gasteiger partial charge on any atom is -0.0619 e. The van der Waals surface area contributed by atoms with Crippen molar-refractivity contribution in [2.24, 2.45) is 0 Å². The molecule has 45 heavy (non-hydrogen) atoms. The molecule has 0 spiro atoms. The second kappa shape index (κ2) is 9.78. The lowest BCUT2D eigenvalue weighted by atomic mass is 9.80. The van der Waals surface area contributed by atoms with Crippen LogP contribution in [0.3, 0.4) is 0 Å². The monoisotopic (exact) mass is 572 g/mol. The number of fused-ring (bicyclic) bond motifs is 6. The molecule has 0 heterocycles. The summed E-state index contributed by atoms with van der Waals surface area (Å²) in [6.45, 7) is 4.73. The average molecular weight is 573 g/mol. The quantitative estimate of drug-likeness (QED) is 0.185. The summed E-state index contributed by atoms with van der Waals surface area (Å²) in [6.07, 6.45) is 0. The van der Waals surface area contributed by atoms with Crippen LogP contribution in [0.1, 0.15) is 25.0 Å². The van der Waals surface area contributed by atoms with E-state index in [4.69, 9.17) is 0 Å². The van der Waals surface area contributed by atoms with Crippen LogP contribution >= 0.6 is 0 Å². The van der Waals surface area contributed by atoms with Gasteiger partial charge in [-0.25, -0.2) is 0 Å². The zero-order valence-corrected chi connectivity index (χ0v) is 25.5. The van der Waals surface area contributed by atoms with Crippen LogP contribution in [-0.4, -0.2) is 0 Å². The predicted molar refractivity (Wildman–Crippen MR) is 193 cm³/mol. The van der Waals surface area contributed by atoms with Crippen LogP contribution in [-0.2, 0) is 5.41 Å². The number of benzene rings is 8. The highest BCUT2D eigenvalue weighted by Gasteiger charge is 2.37. The van der Waals surface area contributed by atoms with Gasteiger partial charge < -0.3 is 0 Å². The first-order valence-corrected chi connectivity index (χ1v) is 15.9. The average Bonchev–Trinajstić information content (AvgIpc) is 3.33. The molecule has 0 fully saturated rings. The van der Waals surface area contributed by atoms with E-state index in [1.165, 1.54) is 88.0 Å². The Hall–Kier alpha value is -5.46. The molecule has 1 aliphatic rings. The molecule has 0 saturated carbocycles. The smallest absolute Gasteiger partial charge is 0.0159 e. The second-order valence-corrected chi connectivity index (χ2v) is 12.9. The van der Waals surface area contributed by atoms with Crippen molar-refractivity contribution in [3.8, 4) is 44.5 Å². The molecule has 0 nitrogen and oxygen atoms in total. The molecule has 0 unspecified atom stereocenters. The Balaban J connectivity index is 1.33. The predicted octanol–water partition coefficient (Wildman–Crippen LogP) is 12.5. The van der Waals surface area contributed by atoms with Gasteiger partial charge in [0.25, 0.3) is 0 Å². The van der Waals surface area contributed by atoms with Crippen LogP contribution in [0.2, 0.25) is 0 Å². The van der Waals surface area contributed by atoms with E-state index in [2.05, 4.69) is 172 Å². The highest BCUT2D eigenvalue weighted by Crippen LogP contribution is 2.54. The minimum atomic E-state index is -0.0450. The van der Waals surface area contributed by atoms with E-state index >= 15 is 0 Å². The van der Waals surface area contributed by atoms with Gasteiger partial charge in [0.15, 0.2) is 0 Å². The lowest BCUT2D eigenvalue weighted by Crippen LogP contribution is -2.14. The summed E-state index contributed by atoms with van der Waals surface area (Å²) in [4.78, 5) is 0. The molecule has 0 heteroatoms. The lowest BCUT2D eigenvalue weighted by Gasteiger charge is -2.22. The van der Waals surface area contributed by atoms with Crippen LogP contribution in [0, 0.1) is 0 Å². The molecule has 9 rings (SSSR count). The molecule has 0 saturated heterocycles. The van der Waals surface area contributed by atoms with Gasteiger partial charge in [-0.3, -0.25) is 0 Å². The van der Waals surface area contributed by atoms with Gasteiger partial charge in [0, 0.05) is 5.41 Å². The van der Waals surface area contributed by atoms with Crippen molar-refractivity contribution in [2.75, 3.05) is 0 Å². The van der Waals surface area contributed by atoms with Gasteiger partial charge >= 0.3 is 0 Å². The van der Waals surface area contributed by atoms with Gasteiger partial charge in [-0.15, -0.1) is 0 Å². The number of hydrogen-bond acceptors (Lipinski definition) is 0. The first kappa shape index (κ1) is 26.0. The summed E-state index contributed by atoms with van der Waals surface area (Å²) in [5.74, 6) is 0. The van der Waals surface area contributed by atoms with Crippen molar-refractivity contribution in [2.45, 2.75) is 19.3 Å². The summed E-state index contributed by atoms with van der Waals surface area (Å²) in [7, 11) is 0. The number of rotatable bonds is 3. The Morgan fingerprint density at radius 1 is 0.333 bits per heavy atom. The summed E-state index contributed by atoms with van der Waals surface area (Å²) >= 11 is 0. The molecule has 0 radical (unpaired) electrons. The Morgan fingerprint density at radius 2 is 0.867 bits per heavy atom. The maximum atomic E-state index is 2.37. The van der Waals surface area contributed by atoms with Crippen molar-refractivity contribution in [1.82, 2.24) is 0 Å². The van der Waals surface area contributed by atoms with Crippen LogP contribution in [0.15, 0.2) is 158 Å². The molecule has 212 valence electrons. The van der Waals surface area contributed by atoms with Gasteiger partial charge in [0.05, 0.1) is 0 Å². The van der Waals surface area contributed by atoms with E-state index in [-0.39, 0.29) is 5.41 Å². The van der Waals surface area contributed by atoms with E-state index in [0.717, 1.165) is 0 Å². The minimum absolute atomic E-state index is 0.0450. The molecule has 8 aromatic rings. The molecule has 1 aliphatic carbocycles. The van der Waals surface area contributed by atoms with Crippen LogP contribution in [0.5, 0.6) is 0 Å². The number of hydrogen-bond donors (Lipinski definition) is 0. The van der Waals surface area contributed by atoms with Crippen molar-refractivity contribution in [3.63, 3.8) is 0 Å². The van der Waals surface area contributed by atoms with E-state index < -0.39 is 0 Å². The SMILES string of the molecule is CC1(C)c2ccccc2-c2c(-c3c4ccccc4c(-c4cccc(-c5ccc6ccccc6c5)c4)c4ccccc34)cccc21. The summed E-state index contributed by atoms with van der Waals surface area (Å²) in [5.41, 5.74) is 13.1. The fourth-order valence-electron chi connectivity index (χ4n) is 7.92. The fraction of sp³-hybridized carbons (Fsp3) is 0.0667. The molecule has 0 aliphatic heterocycles. The van der Waals surface area contributed by atoms with Crippen molar-refractivity contribution >= 4 is 32.3 Å². The Kier molecular flexibility index (Phi) is 5.64. The summed E-state index contributed by atoms with van der Waals surface area (Å²) in [5, 5.41) is 7.68. The maximum Gasteiger partial charge on any atom is 0.0159 e. The second-order valence-electron chi connectivity index (χ2n) is 12.9. The Labute approximate surface area is 264 Å².